The number of hydrogen-bond acceptors (Lipinski definition) is 5. The van der Waals surface area contributed by atoms with E-state index in [9.17, 15) is 18.5 Å². The van der Waals surface area contributed by atoms with Crippen LogP contribution >= 0.6 is 0 Å². The summed E-state index contributed by atoms with van der Waals surface area (Å²) in [6, 6.07) is 15.0. The van der Waals surface area contributed by atoms with Gasteiger partial charge in [-0.25, -0.2) is 13.4 Å². The van der Waals surface area contributed by atoms with Gasteiger partial charge in [0, 0.05) is 17.5 Å². The van der Waals surface area contributed by atoms with E-state index >= 15 is 0 Å². The maximum atomic E-state index is 12.5. The molecular weight excluding hydrogens is 304 g/mol. The van der Waals surface area contributed by atoms with Crippen LogP contribution < -0.4 is 0 Å². The van der Waals surface area contributed by atoms with Crippen molar-refractivity contribution in [1.82, 2.24) is 4.98 Å². The highest BCUT2D eigenvalue weighted by molar-refractivity contribution is 7.91. The van der Waals surface area contributed by atoms with Crippen molar-refractivity contribution in [2.45, 2.75) is 9.92 Å². The lowest BCUT2D eigenvalue weighted by atomic mass is 10.2. The van der Waals surface area contributed by atoms with Crippen molar-refractivity contribution in [3.05, 3.63) is 70.8 Å². The van der Waals surface area contributed by atoms with Crippen LogP contribution in [0.25, 0.3) is 10.9 Å². The molecule has 0 saturated heterocycles. The van der Waals surface area contributed by atoms with Crippen LogP contribution in [0.3, 0.4) is 0 Å². The second-order valence-corrected chi connectivity index (χ2v) is 6.49. The molecule has 0 unspecified atom stereocenters. The molecule has 6 nitrogen and oxygen atoms in total. The maximum Gasteiger partial charge on any atom is 0.269 e. The van der Waals surface area contributed by atoms with Gasteiger partial charge in [-0.1, -0.05) is 18.2 Å². The van der Waals surface area contributed by atoms with E-state index in [1.165, 1.54) is 18.2 Å². The first-order chi connectivity index (χ1) is 10.5. The van der Waals surface area contributed by atoms with Crippen molar-refractivity contribution >= 4 is 26.4 Å². The first-order valence-electron chi connectivity index (χ1n) is 6.34. The van der Waals surface area contributed by atoms with Gasteiger partial charge in [0.25, 0.3) is 5.69 Å². The smallest absolute Gasteiger partial charge is 0.258 e. The van der Waals surface area contributed by atoms with Crippen molar-refractivity contribution < 1.29 is 13.3 Å². The minimum Gasteiger partial charge on any atom is -0.258 e. The predicted octanol–water partition coefficient (Wildman–Crippen LogP) is 2.98. The normalized spacial score (nSPS) is 11.5. The molecule has 0 aliphatic heterocycles. The van der Waals surface area contributed by atoms with Crippen LogP contribution in [0.1, 0.15) is 0 Å². The zero-order chi connectivity index (χ0) is 15.7. The summed E-state index contributed by atoms with van der Waals surface area (Å²) in [7, 11) is -3.81. The van der Waals surface area contributed by atoms with Crippen LogP contribution in [0, 0.1) is 10.1 Å². The summed E-state index contributed by atoms with van der Waals surface area (Å²) < 4.78 is 25.1. The molecule has 0 bridgehead atoms. The molecule has 0 spiro atoms. The second-order valence-electron chi connectivity index (χ2n) is 4.60. The zero-order valence-corrected chi connectivity index (χ0v) is 12.0. The number of pyridine rings is 1. The highest BCUT2D eigenvalue weighted by Gasteiger charge is 2.20. The number of hydrogen-bond donors (Lipinski definition) is 0. The van der Waals surface area contributed by atoms with Crippen LogP contribution in [0.2, 0.25) is 0 Å². The molecule has 0 aliphatic carbocycles. The van der Waals surface area contributed by atoms with Crippen molar-refractivity contribution in [1.29, 1.82) is 0 Å². The fourth-order valence-electron chi connectivity index (χ4n) is 2.06. The Balaban J connectivity index is 2.09. The van der Waals surface area contributed by atoms with Crippen LogP contribution in [0.4, 0.5) is 5.69 Å². The van der Waals surface area contributed by atoms with Gasteiger partial charge in [0.1, 0.15) is 0 Å². The Labute approximate surface area is 126 Å². The fourth-order valence-corrected chi connectivity index (χ4v) is 3.27. The van der Waals surface area contributed by atoms with Gasteiger partial charge in [-0.15, -0.1) is 0 Å². The summed E-state index contributed by atoms with van der Waals surface area (Å²) >= 11 is 0. The molecule has 3 aromatic rings. The molecule has 1 aromatic heterocycles. The molecule has 22 heavy (non-hydrogen) atoms. The van der Waals surface area contributed by atoms with Crippen LogP contribution in [-0.2, 0) is 9.84 Å². The molecule has 0 radical (unpaired) electrons. The number of para-hydroxylation sites is 1. The number of nitro benzene ring substituents is 1. The summed E-state index contributed by atoms with van der Waals surface area (Å²) in [5.41, 5.74) is 0.413. The third kappa shape index (κ3) is 2.42. The number of nitro groups is 1. The zero-order valence-electron chi connectivity index (χ0n) is 11.2. The lowest BCUT2D eigenvalue weighted by molar-refractivity contribution is -0.384. The number of non-ortho nitro benzene ring substituents is 1. The molecule has 1 heterocycles. The SMILES string of the molecule is O=[N+]([O-])c1ccc(S(=O)(=O)c2ccc3ccccc3n2)cc1. The maximum absolute atomic E-state index is 12.5. The third-order valence-electron chi connectivity index (χ3n) is 3.21. The molecule has 0 N–H and O–H groups in total. The summed E-state index contributed by atoms with van der Waals surface area (Å²) in [6.45, 7) is 0. The molecule has 110 valence electrons. The summed E-state index contributed by atoms with van der Waals surface area (Å²) in [5, 5.41) is 11.4. The standard InChI is InChI=1S/C15H10N2O4S/c18-17(19)12-6-8-13(9-7-12)22(20,21)15-10-5-11-3-1-2-4-14(11)16-15/h1-10H. The summed E-state index contributed by atoms with van der Waals surface area (Å²) in [5.74, 6) is 0. The molecule has 0 aliphatic rings. The summed E-state index contributed by atoms with van der Waals surface area (Å²) in [4.78, 5) is 14.2. The number of rotatable bonds is 3. The van der Waals surface area contributed by atoms with Crippen molar-refractivity contribution in [3.8, 4) is 0 Å². The van der Waals surface area contributed by atoms with E-state index in [0.29, 0.717) is 5.52 Å². The minimum atomic E-state index is -3.81. The molecule has 0 saturated carbocycles. The van der Waals surface area contributed by atoms with E-state index in [1.54, 1.807) is 18.2 Å². The lowest BCUT2D eigenvalue weighted by Crippen LogP contribution is -2.04. The Hall–Kier alpha value is -2.80. The van der Waals surface area contributed by atoms with E-state index in [0.717, 1.165) is 17.5 Å². The predicted molar refractivity (Wildman–Crippen MR) is 80.3 cm³/mol. The molecule has 0 amide bonds. The highest BCUT2D eigenvalue weighted by atomic mass is 32.2. The molecule has 3 rings (SSSR count). The highest BCUT2D eigenvalue weighted by Crippen LogP contribution is 2.23. The summed E-state index contributed by atoms with van der Waals surface area (Å²) in [6.07, 6.45) is 0. The molecule has 0 fully saturated rings. The number of aromatic nitrogens is 1. The van der Waals surface area contributed by atoms with E-state index in [2.05, 4.69) is 4.98 Å². The van der Waals surface area contributed by atoms with Gasteiger partial charge >= 0.3 is 0 Å². The van der Waals surface area contributed by atoms with E-state index in [4.69, 9.17) is 0 Å². The molecule has 2 aromatic carbocycles. The Morgan fingerprint density at radius 1 is 0.909 bits per heavy atom. The van der Waals surface area contributed by atoms with Gasteiger partial charge in [-0.3, -0.25) is 10.1 Å². The van der Waals surface area contributed by atoms with Crippen LogP contribution in [-0.4, -0.2) is 18.3 Å². The molecule has 7 heteroatoms. The minimum absolute atomic E-state index is 0.0270. The fraction of sp³-hybridized carbons (Fsp3) is 0. The Kier molecular flexibility index (Phi) is 3.34. The van der Waals surface area contributed by atoms with Crippen molar-refractivity contribution in [2.75, 3.05) is 0 Å². The van der Waals surface area contributed by atoms with E-state index < -0.39 is 14.8 Å². The second kappa shape index (κ2) is 5.19. The largest absolute Gasteiger partial charge is 0.269 e. The number of fused-ring (bicyclic) bond motifs is 1. The van der Waals surface area contributed by atoms with Crippen molar-refractivity contribution in [2.24, 2.45) is 0 Å². The van der Waals surface area contributed by atoms with Crippen LogP contribution in [0.5, 0.6) is 0 Å². The van der Waals surface area contributed by atoms with Gasteiger partial charge in [0.05, 0.1) is 15.3 Å². The molecular formula is C15H10N2O4S. The third-order valence-corrected chi connectivity index (χ3v) is 4.88. The lowest BCUT2D eigenvalue weighted by Gasteiger charge is -2.05. The Morgan fingerprint density at radius 3 is 2.27 bits per heavy atom. The van der Waals surface area contributed by atoms with Gasteiger partial charge in [-0.05, 0) is 30.3 Å². The van der Waals surface area contributed by atoms with E-state index in [1.807, 2.05) is 12.1 Å². The van der Waals surface area contributed by atoms with Gasteiger partial charge in [0.2, 0.25) is 9.84 Å². The van der Waals surface area contributed by atoms with Gasteiger partial charge in [0.15, 0.2) is 5.03 Å². The average Bonchev–Trinajstić information content (AvgIpc) is 2.54. The number of nitrogens with zero attached hydrogens (tertiary/aromatic N) is 2. The number of sulfone groups is 1. The first kappa shape index (κ1) is 14.2. The number of benzene rings is 2. The Morgan fingerprint density at radius 2 is 1.59 bits per heavy atom. The molecule has 0 atom stereocenters. The quantitative estimate of drug-likeness (QED) is 0.547. The first-order valence-corrected chi connectivity index (χ1v) is 7.82. The van der Waals surface area contributed by atoms with Gasteiger partial charge in [-0.2, -0.15) is 0 Å². The monoisotopic (exact) mass is 314 g/mol. The Bertz CT molecular complexity index is 966. The van der Waals surface area contributed by atoms with E-state index in [-0.39, 0.29) is 15.6 Å². The topological polar surface area (TPSA) is 90.2 Å². The van der Waals surface area contributed by atoms with Gasteiger partial charge < -0.3 is 0 Å². The van der Waals surface area contributed by atoms with Crippen molar-refractivity contribution in [3.63, 3.8) is 0 Å². The average molecular weight is 314 g/mol. The van der Waals surface area contributed by atoms with Crippen LogP contribution in [0.15, 0.2) is 70.6 Å².